The zero-order valence-electron chi connectivity index (χ0n) is 14.5. The predicted molar refractivity (Wildman–Crippen MR) is 94.8 cm³/mol. The molecule has 7 nitrogen and oxygen atoms in total. The zero-order valence-corrected chi connectivity index (χ0v) is 15.3. The summed E-state index contributed by atoms with van der Waals surface area (Å²) in [5.74, 6) is 1.60. The lowest BCUT2D eigenvalue weighted by Gasteiger charge is -2.32. The number of benzene rings is 1. The van der Waals surface area contributed by atoms with Gasteiger partial charge in [0.25, 0.3) is 0 Å². The van der Waals surface area contributed by atoms with Crippen molar-refractivity contribution >= 4 is 21.6 Å². The Morgan fingerprint density at radius 2 is 1.92 bits per heavy atom. The fourth-order valence-electron chi connectivity index (χ4n) is 3.20. The molecular weight excluding hydrogens is 344 g/mol. The van der Waals surface area contributed by atoms with Gasteiger partial charge in [-0.15, -0.1) is 0 Å². The van der Waals surface area contributed by atoms with Crippen LogP contribution in [-0.2, 0) is 9.84 Å². The lowest BCUT2D eigenvalue weighted by molar-refractivity contribution is 0.174. The van der Waals surface area contributed by atoms with E-state index in [9.17, 15) is 13.2 Å². The third kappa shape index (κ3) is 4.18. The van der Waals surface area contributed by atoms with Crippen molar-refractivity contribution in [2.45, 2.75) is 31.9 Å². The number of ether oxygens (including phenoxy) is 2. The van der Waals surface area contributed by atoms with Gasteiger partial charge in [0.2, 0.25) is 6.79 Å². The predicted octanol–water partition coefficient (Wildman–Crippen LogP) is 2.48. The summed E-state index contributed by atoms with van der Waals surface area (Å²) in [4.78, 5) is 14.1. The van der Waals surface area contributed by atoms with Crippen LogP contribution in [0.25, 0.3) is 0 Å². The molecule has 2 amide bonds. The largest absolute Gasteiger partial charge is 0.454 e. The van der Waals surface area contributed by atoms with Crippen LogP contribution in [0.1, 0.15) is 26.7 Å². The monoisotopic (exact) mass is 368 g/mol. The quantitative estimate of drug-likeness (QED) is 0.882. The Morgan fingerprint density at radius 1 is 1.24 bits per heavy atom. The van der Waals surface area contributed by atoms with Crippen molar-refractivity contribution in [3.63, 3.8) is 0 Å². The Kier molecular flexibility index (Phi) is 5.08. The standard InChI is InChI=1S/C17H24N2O5S/c1-12(2)10-25(21,22)14-5-7-19(8-6-14)17(20)18-13-3-4-15-16(9-13)24-11-23-15/h3-4,9,12,14H,5-8,10-11H2,1-2H3,(H,18,20). The molecule has 1 saturated heterocycles. The Labute approximate surface area is 148 Å². The molecule has 2 aliphatic rings. The van der Waals surface area contributed by atoms with Crippen molar-refractivity contribution in [2.24, 2.45) is 5.92 Å². The highest BCUT2D eigenvalue weighted by atomic mass is 32.2. The Bertz CT molecular complexity index is 739. The van der Waals surface area contributed by atoms with Gasteiger partial charge in [0.1, 0.15) is 0 Å². The zero-order chi connectivity index (χ0) is 18.0. The second-order valence-electron chi connectivity index (χ2n) is 6.91. The van der Waals surface area contributed by atoms with E-state index in [-0.39, 0.29) is 29.7 Å². The minimum absolute atomic E-state index is 0.123. The lowest BCUT2D eigenvalue weighted by atomic mass is 10.1. The Balaban J connectivity index is 1.55. The van der Waals surface area contributed by atoms with Gasteiger partial charge in [-0.05, 0) is 30.9 Å². The SMILES string of the molecule is CC(C)CS(=O)(=O)C1CCN(C(=O)Nc2ccc3c(c2)OCO3)CC1. The maximum atomic E-state index is 12.4. The van der Waals surface area contributed by atoms with Crippen molar-refractivity contribution in [3.05, 3.63) is 18.2 Å². The summed E-state index contributed by atoms with van der Waals surface area (Å²) in [6.45, 7) is 4.89. The third-order valence-electron chi connectivity index (χ3n) is 4.43. The molecule has 1 aromatic carbocycles. The highest BCUT2D eigenvalue weighted by molar-refractivity contribution is 7.92. The van der Waals surface area contributed by atoms with Crippen LogP contribution in [0, 0.1) is 5.92 Å². The third-order valence-corrected chi connectivity index (χ3v) is 7.04. The molecule has 0 aromatic heterocycles. The van der Waals surface area contributed by atoms with Crippen molar-refractivity contribution < 1.29 is 22.7 Å². The molecule has 2 aliphatic heterocycles. The number of piperidine rings is 1. The Hall–Kier alpha value is -1.96. The maximum Gasteiger partial charge on any atom is 0.321 e. The van der Waals surface area contributed by atoms with Gasteiger partial charge in [0.15, 0.2) is 21.3 Å². The van der Waals surface area contributed by atoms with Crippen LogP contribution in [-0.4, -0.2) is 50.2 Å². The number of nitrogens with zero attached hydrogens (tertiary/aromatic N) is 1. The molecule has 0 spiro atoms. The molecule has 3 rings (SSSR count). The van der Waals surface area contributed by atoms with Gasteiger partial charge in [0.05, 0.1) is 11.0 Å². The smallest absolute Gasteiger partial charge is 0.321 e. The molecule has 0 bridgehead atoms. The first-order valence-electron chi connectivity index (χ1n) is 8.52. The second-order valence-corrected chi connectivity index (χ2v) is 9.23. The van der Waals surface area contributed by atoms with Gasteiger partial charge in [-0.2, -0.15) is 0 Å². The fraction of sp³-hybridized carbons (Fsp3) is 0.588. The second kappa shape index (κ2) is 7.11. The average Bonchev–Trinajstić information content (AvgIpc) is 3.01. The summed E-state index contributed by atoms with van der Waals surface area (Å²) in [5, 5.41) is 2.49. The molecule has 1 N–H and O–H groups in total. The Morgan fingerprint density at radius 3 is 2.60 bits per heavy atom. The van der Waals surface area contributed by atoms with E-state index in [2.05, 4.69) is 5.32 Å². The summed E-state index contributed by atoms with van der Waals surface area (Å²) in [7, 11) is -3.09. The highest BCUT2D eigenvalue weighted by Crippen LogP contribution is 2.34. The molecule has 0 unspecified atom stereocenters. The summed E-state index contributed by atoms with van der Waals surface area (Å²) in [6.07, 6.45) is 0.979. The van der Waals surface area contributed by atoms with Crippen LogP contribution in [0.3, 0.4) is 0 Å². The number of anilines is 1. The number of carbonyl (C=O) groups is 1. The van der Waals surface area contributed by atoms with E-state index >= 15 is 0 Å². The molecule has 0 radical (unpaired) electrons. The lowest BCUT2D eigenvalue weighted by Crippen LogP contribution is -2.45. The molecular formula is C17H24N2O5S. The van der Waals surface area contributed by atoms with Gasteiger partial charge < -0.3 is 19.7 Å². The summed E-state index contributed by atoms with van der Waals surface area (Å²) in [5.41, 5.74) is 0.629. The summed E-state index contributed by atoms with van der Waals surface area (Å²) in [6, 6.07) is 5.01. The molecule has 0 atom stereocenters. The van der Waals surface area contributed by atoms with Gasteiger partial charge in [0, 0.05) is 24.8 Å². The summed E-state index contributed by atoms with van der Waals surface area (Å²) < 4.78 is 35.2. The number of carbonyl (C=O) groups excluding carboxylic acids is 1. The van der Waals surface area contributed by atoms with Gasteiger partial charge in [-0.1, -0.05) is 13.8 Å². The molecule has 8 heteroatoms. The van der Waals surface area contributed by atoms with E-state index in [1.165, 1.54) is 0 Å². The number of urea groups is 1. The first-order valence-corrected chi connectivity index (χ1v) is 10.2. The van der Waals surface area contributed by atoms with Crippen LogP contribution in [0.2, 0.25) is 0 Å². The number of hydrogen-bond acceptors (Lipinski definition) is 5. The van der Waals surface area contributed by atoms with Crippen molar-refractivity contribution in [2.75, 3.05) is 31.0 Å². The number of fused-ring (bicyclic) bond motifs is 1. The molecule has 138 valence electrons. The van der Waals surface area contributed by atoms with Crippen LogP contribution < -0.4 is 14.8 Å². The summed E-state index contributed by atoms with van der Waals surface area (Å²) >= 11 is 0. The number of rotatable bonds is 4. The average molecular weight is 368 g/mol. The minimum atomic E-state index is -3.09. The molecule has 0 aliphatic carbocycles. The topological polar surface area (TPSA) is 84.9 Å². The maximum absolute atomic E-state index is 12.4. The number of hydrogen-bond donors (Lipinski definition) is 1. The first-order chi connectivity index (χ1) is 11.8. The van der Waals surface area contributed by atoms with E-state index in [4.69, 9.17) is 9.47 Å². The van der Waals surface area contributed by atoms with Crippen molar-refractivity contribution in [1.82, 2.24) is 4.90 Å². The van der Waals surface area contributed by atoms with Crippen molar-refractivity contribution in [3.8, 4) is 11.5 Å². The van der Waals surface area contributed by atoms with E-state index in [1.807, 2.05) is 13.8 Å². The first kappa shape index (κ1) is 17.8. The normalized spacial score (nSPS) is 17.8. The van der Waals surface area contributed by atoms with E-state index in [1.54, 1.807) is 23.1 Å². The van der Waals surface area contributed by atoms with Crippen LogP contribution in [0.5, 0.6) is 11.5 Å². The molecule has 25 heavy (non-hydrogen) atoms. The van der Waals surface area contributed by atoms with Crippen LogP contribution in [0.15, 0.2) is 18.2 Å². The van der Waals surface area contributed by atoms with Crippen LogP contribution >= 0.6 is 0 Å². The van der Waals surface area contributed by atoms with Crippen LogP contribution in [0.4, 0.5) is 10.5 Å². The van der Waals surface area contributed by atoms with E-state index in [0.29, 0.717) is 43.1 Å². The number of sulfone groups is 1. The number of nitrogens with one attached hydrogen (secondary N) is 1. The highest BCUT2D eigenvalue weighted by Gasteiger charge is 2.32. The molecule has 2 heterocycles. The number of amides is 2. The minimum Gasteiger partial charge on any atom is -0.454 e. The fourth-order valence-corrected chi connectivity index (χ4v) is 5.33. The van der Waals surface area contributed by atoms with E-state index < -0.39 is 9.84 Å². The molecule has 1 aromatic rings. The van der Waals surface area contributed by atoms with Gasteiger partial charge in [-0.3, -0.25) is 0 Å². The van der Waals surface area contributed by atoms with Gasteiger partial charge >= 0.3 is 6.03 Å². The number of likely N-dealkylation sites (tertiary alicyclic amines) is 1. The molecule has 0 saturated carbocycles. The van der Waals surface area contributed by atoms with Crippen molar-refractivity contribution in [1.29, 1.82) is 0 Å². The van der Waals surface area contributed by atoms with Gasteiger partial charge in [-0.25, -0.2) is 13.2 Å². The molecule has 1 fully saturated rings. The van der Waals surface area contributed by atoms with E-state index in [0.717, 1.165) is 0 Å².